The number of hydrogen-bond acceptors (Lipinski definition) is 18. The third-order valence-corrected chi connectivity index (χ3v) is 16.4. The first-order chi connectivity index (χ1) is 35.9. The molecule has 0 aromatic carbocycles. The molecule has 0 bridgehead atoms. The van der Waals surface area contributed by atoms with E-state index in [9.17, 15) is 58.5 Å². The number of nitrogens with zero attached hydrogens (tertiary/aromatic N) is 3. The monoisotopic (exact) mass is 1150 g/mol. The van der Waals surface area contributed by atoms with E-state index >= 15 is 0 Å². The Hall–Kier alpha value is -6.34. The van der Waals surface area contributed by atoms with Crippen LogP contribution in [0.4, 0.5) is 14.4 Å². The molecule has 1 radical (unpaired) electrons. The molecule has 411 valence electrons. The van der Waals surface area contributed by atoms with Crippen LogP contribution in [0.25, 0.3) is 0 Å². The number of fused-ring (bicyclic) bond motifs is 3. The Bertz CT molecular complexity index is 2100. The molecule has 6 aliphatic heterocycles. The molecule has 0 spiro atoms. The molecule has 0 aliphatic carbocycles. The second-order valence-electron chi connectivity index (χ2n) is 17.3. The topological polar surface area (TPSA) is 394 Å². The molecule has 9 N–H and O–H groups in total. The molecular formula is C48H60CrN9O15S3. The van der Waals surface area contributed by atoms with E-state index in [0.717, 1.165) is 75.0 Å². The summed E-state index contributed by atoms with van der Waals surface area (Å²) in [5.74, 6) is -3.01. The molecule has 76 heavy (non-hydrogen) atoms. The predicted molar refractivity (Wildman–Crippen MR) is 270 cm³/mol. The Morgan fingerprint density at radius 3 is 0.908 bits per heavy atom. The molecule has 3 aromatic rings. The van der Waals surface area contributed by atoms with Crippen LogP contribution in [0.15, 0.2) is 73.2 Å². The molecule has 24 nitrogen and oxygen atoms in total. The van der Waals surface area contributed by atoms with Crippen molar-refractivity contribution in [3.63, 3.8) is 0 Å². The number of carbonyl (C=O) groups is 9. The number of hydrogen-bond donors (Lipinski definition) is 9. The smallest absolute Gasteiger partial charge is 0.543 e. The maximum absolute atomic E-state index is 11.1. The van der Waals surface area contributed by atoms with Crippen LogP contribution in [0.2, 0.25) is 0 Å². The van der Waals surface area contributed by atoms with Crippen molar-refractivity contribution in [1.82, 2.24) is 46.9 Å². The fraction of sp³-hybridized carbons (Fsp3) is 0.500. The van der Waals surface area contributed by atoms with Gasteiger partial charge in [-0.1, -0.05) is 37.5 Å². The van der Waals surface area contributed by atoms with Crippen LogP contribution in [0.3, 0.4) is 0 Å². The van der Waals surface area contributed by atoms with E-state index in [0.29, 0.717) is 15.7 Å². The summed E-state index contributed by atoms with van der Waals surface area (Å²) < 4.78 is 0. The number of carbonyl (C=O) groups excluding carboxylic acids is 6. The minimum Gasteiger partial charge on any atom is -0.543 e. The summed E-state index contributed by atoms with van der Waals surface area (Å²) in [7, 11) is 0. The number of nitrogens with one attached hydrogen (secondary N) is 6. The molecule has 9 atom stereocenters. The van der Waals surface area contributed by atoms with Gasteiger partial charge in [-0.25, -0.2) is 14.4 Å². The van der Waals surface area contributed by atoms with E-state index in [1.807, 2.05) is 35.3 Å². The van der Waals surface area contributed by atoms with Gasteiger partial charge in [-0.05, 0) is 74.9 Å². The number of thioether (sulfide) groups is 3. The number of pyridine rings is 3. The number of aromatic carboxylic acids is 3. The predicted octanol–water partition coefficient (Wildman–Crippen LogP) is 0.723. The number of carboxylic acid groups (broad SMARTS) is 6. The number of unbranched alkanes of at least 4 members (excludes halogenated alkanes) is 3. The van der Waals surface area contributed by atoms with E-state index in [1.165, 1.54) is 36.8 Å². The van der Waals surface area contributed by atoms with Crippen molar-refractivity contribution in [3.05, 3.63) is 90.3 Å². The molecule has 6 fully saturated rings. The quantitative estimate of drug-likeness (QED) is 0.0626. The van der Waals surface area contributed by atoms with Crippen LogP contribution >= 0.6 is 35.3 Å². The van der Waals surface area contributed by atoms with E-state index in [1.54, 1.807) is 36.4 Å². The molecule has 6 aliphatic rings. The first-order valence-electron chi connectivity index (χ1n) is 24.0. The van der Waals surface area contributed by atoms with Crippen LogP contribution in [0.1, 0.15) is 109 Å². The van der Waals surface area contributed by atoms with Crippen LogP contribution in [0.5, 0.6) is 0 Å². The third kappa shape index (κ3) is 23.3. The van der Waals surface area contributed by atoms with Crippen LogP contribution < -0.4 is 47.2 Å². The second-order valence-corrected chi connectivity index (χ2v) is 21.1. The Kier molecular flexibility index (Phi) is 28.9. The Labute approximate surface area is 461 Å². The van der Waals surface area contributed by atoms with Gasteiger partial charge in [-0.2, -0.15) is 35.3 Å². The molecular weight excluding hydrogens is 1090 g/mol. The molecule has 9 heterocycles. The van der Waals surface area contributed by atoms with Gasteiger partial charge in [0, 0.05) is 70.9 Å². The summed E-state index contributed by atoms with van der Waals surface area (Å²) in [6.07, 6.45) is 12.9. The second kappa shape index (κ2) is 34.4. The van der Waals surface area contributed by atoms with Gasteiger partial charge in [0.05, 0.1) is 71.2 Å². The first kappa shape index (κ1) is 64.0. The number of carboxylic acids is 6. The number of aromatic nitrogens is 3. The summed E-state index contributed by atoms with van der Waals surface area (Å²) >= 11 is 5.61. The van der Waals surface area contributed by atoms with Crippen molar-refractivity contribution >= 4 is 89.2 Å². The van der Waals surface area contributed by atoms with Crippen LogP contribution in [-0.2, 0) is 31.7 Å². The fourth-order valence-electron chi connectivity index (χ4n) is 8.24. The summed E-state index contributed by atoms with van der Waals surface area (Å²) in [4.78, 5) is 105. The first-order valence-corrected chi connectivity index (χ1v) is 27.1. The summed E-state index contributed by atoms with van der Waals surface area (Å²) in [5.41, 5.74) is -0.0903. The summed E-state index contributed by atoms with van der Waals surface area (Å²) in [6.45, 7) is 0. The van der Waals surface area contributed by atoms with Gasteiger partial charge in [0.25, 0.3) is 0 Å². The minimum absolute atomic E-state index is 0. The third-order valence-electron chi connectivity index (χ3n) is 11.8. The molecule has 28 heteroatoms. The van der Waals surface area contributed by atoms with Crippen molar-refractivity contribution in [1.29, 1.82) is 0 Å². The number of amides is 6. The molecule has 0 saturated carbocycles. The Balaban J connectivity index is 0.000000244. The Morgan fingerprint density at radius 1 is 0.447 bits per heavy atom. The Morgan fingerprint density at radius 2 is 0.711 bits per heavy atom. The van der Waals surface area contributed by atoms with Gasteiger partial charge in [0.15, 0.2) is 0 Å². The van der Waals surface area contributed by atoms with E-state index in [2.05, 4.69) is 46.9 Å². The van der Waals surface area contributed by atoms with Gasteiger partial charge in [-0.3, -0.25) is 29.3 Å². The maximum atomic E-state index is 11.1. The van der Waals surface area contributed by atoms with Crippen molar-refractivity contribution in [3.8, 4) is 0 Å². The molecule has 0 unspecified atom stereocenters. The number of aliphatic carboxylic acids is 3. The van der Waals surface area contributed by atoms with Gasteiger partial charge in [0.2, 0.25) is 0 Å². The van der Waals surface area contributed by atoms with Crippen LogP contribution in [0, 0.1) is 0 Å². The SMILES string of the molecule is O=C(O)CCCC[C@@H]1SC[C@@H]2NC(=O)N[C@@H]21.O=C(O)CCCC[C@@H]1SC[C@@H]2NC(=O)N[C@@H]21.O=C(O)CCCC[C@@H]1SC[C@@H]2NC(=O)N[C@@H]21.O=C([O-])c1ccccn1.O=C([O-])c1ccccn1.O=C([O-])c1ccccn1.[Cr+3]. The van der Waals surface area contributed by atoms with E-state index in [4.69, 9.17) is 15.3 Å². The average molecular weight is 1150 g/mol. The van der Waals surface area contributed by atoms with Gasteiger partial charge in [0.1, 0.15) is 0 Å². The van der Waals surface area contributed by atoms with Crippen molar-refractivity contribution in [2.24, 2.45) is 0 Å². The minimum atomic E-state index is -1.24. The summed E-state index contributed by atoms with van der Waals surface area (Å²) in [6, 6.07) is 15.2. The van der Waals surface area contributed by atoms with Crippen LogP contribution in [-0.4, -0.2) is 153 Å². The maximum Gasteiger partial charge on any atom is 3.00 e. The van der Waals surface area contributed by atoms with Gasteiger partial charge >= 0.3 is 53.4 Å². The summed E-state index contributed by atoms with van der Waals surface area (Å²) in [5, 5.41) is 74.4. The zero-order valence-electron chi connectivity index (χ0n) is 40.9. The molecule has 6 amide bonds. The van der Waals surface area contributed by atoms with Crippen molar-refractivity contribution in [2.75, 3.05) is 17.3 Å². The number of urea groups is 3. The fourth-order valence-corrected chi connectivity index (χ4v) is 12.9. The van der Waals surface area contributed by atoms with Crippen molar-refractivity contribution < 1.29 is 91.2 Å². The standard InChI is InChI=1S/3C10H16N2O3S.3C6H5NO2.Cr/c3*13-8(14)4-2-1-3-7-9-6(5-16-7)11-10(15)12-9;3*8-6(9)5-3-1-2-4-7-5;/h3*6-7,9H,1-5H2,(H,13,14)(H2,11,12,15);3*1-4H,(H,8,9);/q;;;;;;+3/p-3/t3*6-,7-,9-;;;;/m000..../s1. The van der Waals surface area contributed by atoms with E-state index < -0.39 is 35.8 Å². The van der Waals surface area contributed by atoms with Gasteiger partial charge in [-0.15, -0.1) is 0 Å². The average Bonchev–Trinajstić information content (AvgIpc) is 4.25. The molecule has 9 rings (SSSR count). The molecule has 6 saturated heterocycles. The number of rotatable bonds is 18. The molecule has 3 aromatic heterocycles. The largest absolute Gasteiger partial charge is 3.00 e. The van der Waals surface area contributed by atoms with E-state index in [-0.39, 0.29) is 108 Å². The zero-order chi connectivity index (χ0) is 54.7. The van der Waals surface area contributed by atoms with Crippen molar-refractivity contribution in [2.45, 2.75) is 129 Å². The normalized spacial score (nSPS) is 23.4. The van der Waals surface area contributed by atoms with Gasteiger partial charge < -0.3 is 76.9 Å². The zero-order valence-corrected chi connectivity index (χ0v) is 44.7.